The van der Waals surface area contributed by atoms with Crippen LogP contribution in [0.5, 0.6) is 0 Å². The lowest BCUT2D eigenvalue weighted by Gasteiger charge is -2.13. The molecule has 3 N–H and O–H groups in total. The van der Waals surface area contributed by atoms with E-state index in [-0.39, 0.29) is 12.5 Å². The number of hydrazine groups is 1. The van der Waals surface area contributed by atoms with Crippen LogP contribution in [0.25, 0.3) is 11.1 Å². The Balaban J connectivity index is 1.66. The second-order valence-electron chi connectivity index (χ2n) is 6.88. The van der Waals surface area contributed by atoms with E-state index in [1.165, 1.54) is 0 Å². The van der Waals surface area contributed by atoms with Gasteiger partial charge in [0, 0.05) is 16.8 Å². The van der Waals surface area contributed by atoms with Gasteiger partial charge in [-0.3, -0.25) is 20.4 Å². The van der Waals surface area contributed by atoms with Gasteiger partial charge in [-0.25, -0.2) is 0 Å². The lowest BCUT2D eigenvalue weighted by Crippen LogP contribution is -2.44. The van der Waals surface area contributed by atoms with Gasteiger partial charge in [-0.1, -0.05) is 54.1 Å². The fourth-order valence-corrected chi connectivity index (χ4v) is 3.16. The Morgan fingerprint density at radius 3 is 2.33 bits per heavy atom. The van der Waals surface area contributed by atoms with Gasteiger partial charge in [-0.15, -0.1) is 0 Å². The van der Waals surface area contributed by atoms with E-state index in [4.69, 9.17) is 0 Å². The molecule has 0 aromatic heterocycles. The molecular weight excluding hydrogens is 376 g/mol. The van der Waals surface area contributed by atoms with Gasteiger partial charge in [0.1, 0.15) is 0 Å². The van der Waals surface area contributed by atoms with Crippen LogP contribution in [0.1, 0.15) is 27.0 Å². The van der Waals surface area contributed by atoms with Crippen molar-refractivity contribution in [1.29, 1.82) is 5.26 Å². The molecule has 0 aliphatic rings. The number of nitriles is 1. The van der Waals surface area contributed by atoms with E-state index in [9.17, 15) is 14.9 Å². The number of nitrogens with zero attached hydrogens (tertiary/aromatic N) is 1. The van der Waals surface area contributed by atoms with Crippen molar-refractivity contribution in [3.05, 3.63) is 89.0 Å². The van der Waals surface area contributed by atoms with Gasteiger partial charge in [0.2, 0.25) is 0 Å². The number of benzene rings is 3. The summed E-state index contributed by atoms with van der Waals surface area (Å²) in [6, 6.07) is 22.1. The van der Waals surface area contributed by atoms with E-state index < -0.39 is 5.91 Å². The Morgan fingerprint density at radius 1 is 0.900 bits per heavy atom. The third-order valence-corrected chi connectivity index (χ3v) is 4.65. The molecule has 0 saturated carbocycles. The van der Waals surface area contributed by atoms with Gasteiger partial charge in [0.05, 0.1) is 18.2 Å². The van der Waals surface area contributed by atoms with E-state index in [1.54, 1.807) is 42.5 Å². The van der Waals surface area contributed by atoms with Crippen molar-refractivity contribution < 1.29 is 9.59 Å². The monoisotopic (exact) mass is 398 g/mol. The molecule has 0 spiro atoms. The van der Waals surface area contributed by atoms with Crippen LogP contribution < -0.4 is 16.2 Å². The van der Waals surface area contributed by atoms with Crippen LogP contribution in [0.4, 0.5) is 5.69 Å². The predicted octanol–water partition coefficient (Wildman–Crippen LogP) is 3.72. The molecule has 0 atom stereocenters. The molecule has 0 bridgehead atoms. The highest BCUT2D eigenvalue weighted by Gasteiger charge is 2.15. The van der Waals surface area contributed by atoms with Crippen LogP contribution in [-0.2, 0) is 4.79 Å². The molecule has 0 unspecified atom stereocenters. The topological polar surface area (TPSA) is 94.0 Å². The number of carbonyl (C=O) groups excluding carboxylic acids is 2. The van der Waals surface area contributed by atoms with Crippen molar-refractivity contribution in [3.63, 3.8) is 0 Å². The van der Waals surface area contributed by atoms with Gasteiger partial charge in [0.15, 0.2) is 0 Å². The summed E-state index contributed by atoms with van der Waals surface area (Å²) in [6.07, 6.45) is 0. The maximum atomic E-state index is 12.7. The lowest BCUT2D eigenvalue weighted by atomic mass is 9.95. The quantitative estimate of drug-likeness (QED) is 0.571. The maximum absolute atomic E-state index is 12.7. The van der Waals surface area contributed by atoms with E-state index in [1.807, 2.05) is 38.1 Å². The first-order chi connectivity index (χ1) is 14.5. The first-order valence-corrected chi connectivity index (χ1v) is 9.48. The summed E-state index contributed by atoms with van der Waals surface area (Å²) in [4.78, 5) is 24.8. The molecule has 0 aliphatic heterocycles. The second-order valence-corrected chi connectivity index (χ2v) is 6.88. The van der Waals surface area contributed by atoms with E-state index in [0.717, 1.165) is 16.8 Å². The van der Waals surface area contributed by atoms with E-state index >= 15 is 0 Å². The van der Waals surface area contributed by atoms with E-state index in [0.29, 0.717) is 22.3 Å². The van der Waals surface area contributed by atoms with Gasteiger partial charge in [-0.05, 0) is 43.2 Å². The summed E-state index contributed by atoms with van der Waals surface area (Å²) in [6.45, 7) is 3.99. The van der Waals surface area contributed by atoms with Crippen LogP contribution in [0.3, 0.4) is 0 Å². The molecule has 0 fully saturated rings. The van der Waals surface area contributed by atoms with Crippen molar-refractivity contribution in [2.45, 2.75) is 13.8 Å². The summed E-state index contributed by atoms with van der Waals surface area (Å²) in [5, 5.41) is 12.4. The molecule has 6 heteroatoms. The number of anilines is 1. The summed E-state index contributed by atoms with van der Waals surface area (Å²) >= 11 is 0. The van der Waals surface area contributed by atoms with Crippen molar-refractivity contribution in [3.8, 4) is 17.2 Å². The van der Waals surface area contributed by atoms with Crippen LogP contribution in [-0.4, -0.2) is 18.4 Å². The Kier molecular flexibility index (Phi) is 6.46. The first-order valence-electron chi connectivity index (χ1n) is 9.48. The fourth-order valence-electron chi connectivity index (χ4n) is 3.16. The average molecular weight is 398 g/mol. The molecule has 3 aromatic carbocycles. The minimum Gasteiger partial charge on any atom is -0.376 e. The molecule has 0 aliphatic carbocycles. The number of hydrogen-bond donors (Lipinski definition) is 3. The van der Waals surface area contributed by atoms with Crippen molar-refractivity contribution >= 4 is 17.5 Å². The minimum atomic E-state index is -0.460. The average Bonchev–Trinajstić information content (AvgIpc) is 2.76. The van der Waals surface area contributed by atoms with Gasteiger partial charge in [0.25, 0.3) is 11.8 Å². The molecular formula is C24H22N4O2. The van der Waals surface area contributed by atoms with Crippen molar-refractivity contribution in [1.82, 2.24) is 10.9 Å². The molecule has 0 saturated heterocycles. The zero-order valence-corrected chi connectivity index (χ0v) is 16.8. The third kappa shape index (κ3) is 4.83. The SMILES string of the molecule is Cc1ccc(NCC(=O)NNC(=O)c2ccccc2-c2ccccc2C#N)c(C)c1. The number of carbonyl (C=O) groups is 2. The Morgan fingerprint density at radius 2 is 1.60 bits per heavy atom. The van der Waals surface area contributed by atoms with Gasteiger partial charge >= 0.3 is 0 Å². The number of amides is 2. The van der Waals surface area contributed by atoms with Crippen molar-refractivity contribution in [2.75, 3.05) is 11.9 Å². The molecule has 3 aromatic rings. The number of rotatable bonds is 5. The fraction of sp³-hybridized carbons (Fsp3) is 0.125. The molecule has 2 amide bonds. The smallest absolute Gasteiger partial charge is 0.270 e. The summed E-state index contributed by atoms with van der Waals surface area (Å²) in [5.41, 5.74) is 10.0. The molecule has 0 radical (unpaired) electrons. The molecule has 30 heavy (non-hydrogen) atoms. The van der Waals surface area contributed by atoms with Crippen LogP contribution in [0.15, 0.2) is 66.7 Å². The minimum absolute atomic E-state index is 0.0170. The zero-order valence-electron chi connectivity index (χ0n) is 16.8. The van der Waals surface area contributed by atoms with Crippen molar-refractivity contribution in [2.24, 2.45) is 0 Å². The normalized spacial score (nSPS) is 10.0. The highest BCUT2D eigenvalue weighted by atomic mass is 16.2. The molecule has 3 rings (SSSR count). The zero-order chi connectivity index (χ0) is 21.5. The highest BCUT2D eigenvalue weighted by molar-refractivity contribution is 6.02. The number of aryl methyl sites for hydroxylation is 2. The number of nitrogens with one attached hydrogen (secondary N) is 3. The summed E-state index contributed by atoms with van der Waals surface area (Å²) in [5.74, 6) is -0.837. The summed E-state index contributed by atoms with van der Waals surface area (Å²) < 4.78 is 0. The molecule has 150 valence electrons. The lowest BCUT2D eigenvalue weighted by molar-refractivity contribution is -0.120. The third-order valence-electron chi connectivity index (χ3n) is 4.65. The van der Waals surface area contributed by atoms with E-state index in [2.05, 4.69) is 22.2 Å². The molecule has 6 nitrogen and oxygen atoms in total. The Labute approximate surface area is 175 Å². The predicted molar refractivity (Wildman–Crippen MR) is 117 cm³/mol. The number of hydrogen-bond acceptors (Lipinski definition) is 4. The van der Waals surface area contributed by atoms with Gasteiger partial charge < -0.3 is 5.32 Å². The highest BCUT2D eigenvalue weighted by Crippen LogP contribution is 2.26. The summed E-state index contributed by atoms with van der Waals surface area (Å²) in [7, 11) is 0. The standard InChI is InChI=1S/C24H22N4O2/c1-16-11-12-22(17(2)13-16)26-15-23(29)27-28-24(30)21-10-6-5-9-20(21)19-8-4-3-7-18(19)14-25/h3-13,26H,15H2,1-2H3,(H,27,29)(H,28,30). The Bertz CT molecular complexity index is 1130. The molecule has 0 heterocycles. The maximum Gasteiger partial charge on any atom is 0.270 e. The Hall–Kier alpha value is -4.11. The van der Waals surface area contributed by atoms with Crippen LogP contribution >= 0.6 is 0 Å². The first kappa shape index (κ1) is 20.6. The van der Waals surface area contributed by atoms with Crippen LogP contribution in [0, 0.1) is 25.2 Å². The van der Waals surface area contributed by atoms with Gasteiger partial charge in [-0.2, -0.15) is 5.26 Å². The largest absolute Gasteiger partial charge is 0.376 e. The van der Waals surface area contributed by atoms with Crippen LogP contribution in [0.2, 0.25) is 0 Å². The second kappa shape index (κ2) is 9.39.